The Labute approximate surface area is 120 Å². The summed E-state index contributed by atoms with van der Waals surface area (Å²) in [6.45, 7) is 2.17. The largest absolute Gasteiger partial charge is 0.0898 e. The van der Waals surface area contributed by atoms with E-state index in [0.29, 0.717) is 0 Å². The Morgan fingerprint density at radius 3 is 2.47 bits per heavy atom. The average Bonchev–Trinajstić information content (AvgIpc) is 2.34. The van der Waals surface area contributed by atoms with Crippen LogP contribution in [0.2, 0.25) is 5.02 Å². The third-order valence-electron chi connectivity index (χ3n) is 2.44. The molecule has 0 N–H and O–H groups in total. The fourth-order valence-corrected chi connectivity index (χ4v) is 3.08. The van der Waals surface area contributed by atoms with Crippen molar-refractivity contribution >= 4 is 39.3 Å². The monoisotopic (exact) mass is 326 g/mol. The van der Waals surface area contributed by atoms with Crippen molar-refractivity contribution in [3.05, 3.63) is 57.5 Å². The molecule has 0 aliphatic carbocycles. The minimum atomic E-state index is 0.779. The minimum absolute atomic E-state index is 0.779. The van der Waals surface area contributed by atoms with Gasteiger partial charge in [-0.25, -0.2) is 0 Å². The highest BCUT2D eigenvalue weighted by molar-refractivity contribution is 9.10. The van der Waals surface area contributed by atoms with Crippen LogP contribution in [0.15, 0.2) is 56.7 Å². The standard InChI is InChI=1S/C14H12BrClS/c1-2-10-9-11(15)3-8-14(10)17-13-6-4-12(16)5-7-13/h3-9H,2H2,1H3. The first-order chi connectivity index (χ1) is 8.19. The molecule has 0 heterocycles. The van der Waals surface area contributed by atoms with Crippen molar-refractivity contribution in [2.75, 3.05) is 0 Å². The average molecular weight is 328 g/mol. The molecular weight excluding hydrogens is 316 g/mol. The summed E-state index contributed by atoms with van der Waals surface area (Å²) in [5, 5.41) is 0.779. The van der Waals surface area contributed by atoms with Crippen LogP contribution in [-0.4, -0.2) is 0 Å². The molecule has 0 amide bonds. The molecule has 3 heteroatoms. The van der Waals surface area contributed by atoms with Crippen LogP contribution in [0.3, 0.4) is 0 Å². The molecule has 0 bridgehead atoms. The molecule has 2 aromatic rings. The van der Waals surface area contributed by atoms with E-state index in [-0.39, 0.29) is 0 Å². The van der Waals surface area contributed by atoms with E-state index in [2.05, 4.69) is 53.2 Å². The second-order valence-electron chi connectivity index (χ2n) is 3.66. The van der Waals surface area contributed by atoms with Crippen LogP contribution in [0.5, 0.6) is 0 Å². The Morgan fingerprint density at radius 2 is 1.82 bits per heavy atom. The van der Waals surface area contributed by atoms with Crippen LogP contribution < -0.4 is 0 Å². The molecule has 2 aromatic carbocycles. The Balaban J connectivity index is 2.26. The summed E-state index contributed by atoms with van der Waals surface area (Å²) in [4.78, 5) is 2.52. The number of halogens is 2. The van der Waals surface area contributed by atoms with Crippen LogP contribution in [-0.2, 0) is 6.42 Å². The van der Waals surface area contributed by atoms with E-state index in [0.717, 1.165) is 15.9 Å². The van der Waals surface area contributed by atoms with E-state index in [1.165, 1.54) is 15.4 Å². The summed E-state index contributed by atoms with van der Waals surface area (Å²) in [5.74, 6) is 0. The number of benzene rings is 2. The maximum absolute atomic E-state index is 5.88. The van der Waals surface area contributed by atoms with E-state index < -0.39 is 0 Å². The van der Waals surface area contributed by atoms with Gasteiger partial charge in [-0.3, -0.25) is 0 Å². The number of rotatable bonds is 3. The van der Waals surface area contributed by atoms with Gasteiger partial charge in [-0.15, -0.1) is 0 Å². The lowest BCUT2D eigenvalue weighted by atomic mass is 10.2. The molecule has 88 valence electrons. The van der Waals surface area contributed by atoms with E-state index >= 15 is 0 Å². The van der Waals surface area contributed by atoms with Gasteiger partial charge in [0.2, 0.25) is 0 Å². The third kappa shape index (κ3) is 3.51. The van der Waals surface area contributed by atoms with Gasteiger partial charge in [0.15, 0.2) is 0 Å². The van der Waals surface area contributed by atoms with Crippen molar-refractivity contribution in [1.29, 1.82) is 0 Å². The van der Waals surface area contributed by atoms with Crippen molar-refractivity contribution < 1.29 is 0 Å². The van der Waals surface area contributed by atoms with Gasteiger partial charge < -0.3 is 0 Å². The molecule has 0 saturated carbocycles. The van der Waals surface area contributed by atoms with Gasteiger partial charge in [0.05, 0.1) is 0 Å². The second-order valence-corrected chi connectivity index (χ2v) is 6.13. The molecule has 0 unspecified atom stereocenters. The lowest BCUT2D eigenvalue weighted by Gasteiger charge is -2.08. The predicted octanol–water partition coefficient (Wildman–Crippen LogP) is 5.82. The van der Waals surface area contributed by atoms with Crippen molar-refractivity contribution in [1.82, 2.24) is 0 Å². The molecule has 17 heavy (non-hydrogen) atoms. The molecule has 0 atom stereocenters. The molecule has 0 nitrogen and oxygen atoms in total. The Morgan fingerprint density at radius 1 is 1.12 bits per heavy atom. The molecule has 0 spiro atoms. The smallest absolute Gasteiger partial charge is 0.0406 e. The lowest BCUT2D eigenvalue weighted by molar-refractivity contribution is 1.08. The lowest BCUT2D eigenvalue weighted by Crippen LogP contribution is -1.85. The predicted molar refractivity (Wildman–Crippen MR) is 79.1 cm³/mol. The Bertz CT molecular complexity index is 508. The van der Waals surface area contributed by atoms with E-state index in [1.54, 1.807) is 11.8 Å². The SMILES string of the molecule is CCc1cc(Br)ccc1Sc1ccc(Cl)cc1. The molecule has 0 aliphatic heterocycles. The highest BCUT2D eigenvalue weighted by atomic mass is 79.9. The third-order valence-corrected chi connectivity index (χ3v) is 4.32. The van der Waals surface area contributed by atoms with E-state index in [4.69, 9.17) is 11.6 Å². The topological polar surface area (TPSA) is 0 Å². The Hall–Kier alpha value is -0.440. The Kier molecular flexibility index (Phi) is 4.55. The van der Waals surface area contributed by atoms with Crippen molar-refractivity contribution in [3.8, 4) is 0 Å². The summed E-state index contributed by atoms with van der Waals surface area (Å²) in [6.07, 6.45) is 1.04. The molecule has 0 fully saturated rings. The zero-order valence-corrected chi connectivity index (χ0v) is 12.6. The maximum atomic E-state index is 5.88. The van der Waals surface area contributed by atoms with Gasteiger partial charge in [0.1, 0.15) is 0 Å². The molecule has 0 aromatic heterocycles. The van der Waals surface area contributed by atoms with Crippen molar-refractivity contribution in [3.63, 3.8) is 0 Å². The fraction of sp³-hybridized carbons (Fsp3) is 0.143. The quantitative estimate of drug-likeness (QED) is 0.685. The molecule has 2 rings (SSSR count). The summed E-state index contributed by atoms with van der Waals surface area (Å²) in [7, 11) is 0. The number of hydrogen-bond donors (Lipinski definition) is 0. The van der Waals surface area contributed by atoms with E-state index in [9.17, 15) is 0 Å². The van der Waals surface area contributed by atoms with E-state index in [1.807, 2.05) is 12.1 Å². The molecular formula is C14H12BrClS. The molecule has 0 aliphatic rings. The van der Waals surface area contributed by atoms with Crippen LogP contribution >= 0.6 is 39.3 Å². The first-order valence-electron chi connectivity index (χ1n) is 5.41. The molecule has 0 radical (unpaired) electrons. The molecule has 0 saturated heterocycles. The second kappa shape index (κ2) is 5.94. The van der Waals surface area contributed by atoms with Gasteiger partial charge in [-0.05, 0) is 54.4 Å². The van der Waals surface area contributed by atoms with Gasteiger partial charge in [0.25, 0.3) is 0 Å². The van der Waals surface area contributed by atoms with Crippen LogP contribution in [0, 0.1) is 0 Å². The maximum Gasteiger partial charge on any atom is 0.0406 e. The highest BCUT2D eigenvalue weighted by Gasteiger charge is 2.04. The van der Waals surface area contributed by atoms with Gasteiger partial charge >= 0.3 is 0 Å². The normalized spacial score (nSPS) is 10.5. The number of hydrogen-bond acceptors (Lipinski definition) is 1. The van der Waals surface area contributed by atoms with Crippen molar-refractivity contribution in [2.24, 2.45) is 0 Å². The fourth-order valence-electron chi connectivity index (χ4n) is 1.55. The van der Waals surface area contributed by atoms with Gasteiger partial charge in [-0.2, -0.15) is 0 Å². The zero-order valence-electron chi connectivity index (χ0n) is 9.41. The first kappa shape index (κ1) is 13.0. The minimum Gasteiger partial charge on any atom is -0.0898 e. The first-order valence-corrected chi connectivity index (χ1v) is 7.39. The van der Waals surface area contributed by atoms with Gasteiger partial charge in [-0.1, -0.05) is 46.2 Å². The summed E-state index contributed by atoms with van der Waals surface area (Å²) in [5.41, 5.74) is 1.36. The van der Waals surface area contributed by atoms with Gasteiger partial charge in [0, 0.05) is 19.3 Å². The summed E-state index contributed by atoms with van der Waals surface area (Å²) in [6, 6.07) is 14.4. The van der Waals surface area contributed by atoms with Crippen LogP contribution in [0.1, 0.15) is 12.5 Å². The zero-order chi connectivity index (χ0) is 12.3. The summed E-state index contributed by atoms with van der Waals surface area (Å²) >= 11 is 11.2. The highest BCUT2D eigenvalue weighted by Crippen LogP contribution is 2.32. The summed E-state index contributed by atoms with van der Waals surface area (Å²) < 4.78 is 1.13. The number of aryl methyl sites for hydroxylation is 1. The van der Waals surface area contributed by atoms with Crippen molar-refractivity contribution in [2.45, 2.75) is 23.1 Å². The van der Waals surface area contributed by atoms with Crippen LogP contribution in [0.25, 0.3) is 0 Å². The van der Waals surface area contributed by atoms with Crippen LogP contribution in [0.4, 0.5) is 0 Å².